The maximum Gasteiger partial charge on any atom is 0.168 e. The predicted molar refractivity (Wildman–Crippen MR) is 66.4 cm³/mol. The Balaban J connectivity index is 2.19. The fraction of sp³-hybridized carbons (Fsp3) is 0.0769. The Kier molecular flexibility index (Phi) is 3.64. The van der Waals surface area contributed by atoms with Gasteiger partial charge in [0.25, 0.3) is 0 Å². The highest BCUT2D eigenvalue weighted by Crippen LogP contribution is 2.16. The van der Waals surface area contributed by atoms with Crippen LogP contribution >= 0.6 is 15.9 Å². The van der Waals surface area contributed by atoms with E-state index in [1.165, 1.54) is 18.3 Å². The molecule has 0 aliphatic carbocycles. The number of carbonyl (C=O) groups excluding carboxylic acids is 1. The smallest absolute Gasteiger partial charge is 0.168 e. The summed E-state index contributed by atoms with van der Waals surface area (Å²) in [5, 5.41) is 0. The minimum absolute atomic E-state index is 0.0735. The van der Waals surface area contributed by atoms with Crippen LogP contribution in [0.4, 0.5) is 4.39 Å². The van der Waals surface area contributed by atoms with Crippen LogP contribution in [0, 0.1) is 5.82 Å². The van der Waals surface area contributed by atoms with Crippen molar-refractivity contribution in [1.82, 2.24) is 4.98 Å². The van der Waals surface area contributed by atoms with E-state index in [0.29, 0.717) is 15.6 Å². The van der Waals surface area contributed by atoms with Gasteiger partial charge in [-0.2, -0.15) is 0 Å². The number of ketones is 1. The molecule has 0 saturated heterocycles. The summed E-state index contributed by atoms with van der Waals surface area (Å²) in [4.78, 5) is 15.7. The Bertz CT molecular complexity index is 522. The first-order valence-corrected chi connectivity index (χ1v) is 5.82. The second-order valence-corrected chi connectivity index (χ2v) is 4.54. The van der Waals surface area contributed by atoms with Crippen molar-refractivity contribution in [2.75, 3.05) is 0 Å². The number of nitrogens with zero attached hydrogens (tertiary/aromatic N) is 1. The van der Waals surface area contributed by atoms with E-state index in [0.717, 1.165) is 0 Å². The molecule has 2 aromatic rings. The van der Waals surface area contributed by atoms with E-state index in [2.05, 4.69) is 20.9 Å². The third kappa shape index (κ3) is 3.20. The van der Waals surface area contributed by atoms with E-state index < -0.39 is 0 Å². The fourth-order valence-electron chi connectivity index (χ4n) is 1.53. The highest BCUT2D eigenvalue weighted by Gasteiger charge is 2.08. The molecule has 0 aliphatic rings. The van der Waals surface area contributed by atoms with Crippen molar-refractivity contribution in [1.29, 1.82) is 0 Å². The summed E-state index contributed by atoms with van der Waals surface area (Å²) in [6.07, 6.45) is 3.29. The molecule has 0 aliphatic heterocycles. The molecule has 0 spiro atoms. The molecule has 0 atom stereocenters. The Hall–Kier alpha value is -1.55. The molecule has 1 aromatic heterocycles. The third-order valence-corrected chi connectivity index (χ3v) is 2.73. The van der Waals surface area contributed by atoms with E-state index in [-0.39, 0.29) is 18.0 Å². The number of aromatic nitrogens is 1. The van der Waals surface area contributed by atoms with Gasteiger partial charge in [-0.1, -0.05) is 15.9 Å². The van der Waals surface area contributed by atoms with Gasteiger partial charge >= 0.3 is 0 Å². The number of pyridine rings is 1. The van der Waals surface area contributed by atoms with Crippen LogP contribution in [0.3, 0.4) is 0 Å². The van der Waals surface area contributed by atoms with E-state index >= 15 is 0 Å². The summed E-state index contributed by atoms with van der Waals surface area (Å²) in [6, 6.07) is 7.85. The van der Waals surface area contributed by atoms with Gasteiger partial charge in [0.1, 0.15) is 5.82 Å². The molecule has 0 N–H and O–H groups in total. The highest BCUT2D eigenvalue weighted by atomic mass is 79.9. The van der Waals surface area contributed by atoms with Crippen molar-refractivity contribution >= 4 is 21.7 Å². The fourth-order valence-corrected chi connectivity index (χ4v) is 2.04. The van der Waals surface area contributed by atoms with Gasteiger partial charge in [0.05, 0.1) is 0 Å². The number of halogens is 2. The first kappa shape index (κ1) is 11.9. The van der Waals surface area contributed by atoms with Gasteiger partial charge in [-0.3, -0.25) is 9.78 Å². The standard InChI is InChI=1S/C13H9BrFNO/c14-11-4-9(5-12(15)7-11)6-13(17)10-2-1-3-16-8-10/h1-5,7-8H,6H2. The number of hydrogen-bond acceptors (Lipinski definition) is 2. The second kappa shape index (κ2) is 5.19. The molecular formula is C13H9BrFNO. The van der Waals surface area contributed by atoms with Gasteiger partial charge in [-0.05, 0) is 35.9 Å². The Morgan fingerprint density at radius 3 is 2.82 bits per heavy atom. The van der Waals surface area contributed by atoms with Gasteiger partial charge < -0.3 is 0 Å². The zero-order valence-electron chi connectivity index (χ0n) is 8.86. The van der Waals surface area contributed by atoms with Crippen molar-refractivity contribution in [3.63, 3.8) is 0 Å². The summed E-state index contributed by atoms with van der Waals surface area (Å²) in [5.41, 5.74) is 1.18. The van der Waals surface area contributed by atoms with Crippen molar-refractivity contribution in [2.45, 2.75) is 6.42 Å². The summed E-state index contributed by atoms with van der Waals surface area (Å²) < 4.78 is 13.8. The van der Waals surface area contributed by atoms with Crippen molar-refractivity contribution in [3.05, 3.63) is 64.1 Å². The number of Topliss-reactive ketones (excluding diaryl/α,β-unsaturated/α-hetero) is 1. The minimum Gasteiger partial charge on any atom is -0.294 e. The highest BCUT2D eigenvalue weighted by molar-refractivity contribution is 9.10. The first-order valence-electron chi connectivity index (χ1n) is 5.03. The zero-order valence-corrected chi connectivity index (χ0v) is 10.4. The number of benzene rings is 1. The Labute approximate surface area is 107 Å². The maximum absolute atomic E-state index is 13.1. The largest absolute Gasteiger partial charge is 0.294 e. The summed E-state index contributed by atoms with van der Waals surface area (Å²) >= 11 is 3.20. The van der Waals surface area contributed by atoms with E-state index in [4.69, 9.17) is 0 Å². The van der Waals surface area contributed by atoms with Gasteiger partial charge in [0, 0.05) is 28.9 Å². The normalized spacial score (nSPS) is 10.2. The molecule has 0 radical (unpaired) electrons. The van der Waals surface area contributed by atoms with E-state index in [9.17, 15) is 9.18 Å². The van der Waals surface area contributed by atoms with Gasteiger partial charge in [-0.15, -0.1) is 0 Å². The summed E-state index contributed by atoms with van der Waals surface area (Å²) in [6.45, 7) is 0. The number of hydrogen-bond donors (Lipinski definition) is 0. The molecule has 2 rings (SSSR count). The summed E-state index contributed by atoms with van der Waals surface area (Å²) in [5.74, 6) is -0.427. The lowest BCUT2D eigenvalue weighted by atomic mass is 10.0. The first-order chi connectivity index (χ1) is 8.15. The van der Waals surface area contributed by atoms with E-state index in [1.54, 1.807) is 24.4 Å². The molecule has 0 unspecified atom stereocenters. The zero-order chi connectivity index (χ0) is 12.3. The van der Waals surface area contributed by atoms with E-state index in [1.807, 2.05) is 0 Å². The van der Waals surface area contributed by atoms with Gasteiger partial charge in [0.15, 0.2) is 5.78 Å². The predicted octanol–water partition coefficient (Wildman–Crippen LogP) is 3.41. The SMILES string of the molecule is O=C(Cc1cc(F)cc(Br)c1)c1cccnc1. The molecule has 0 saturated carbocycles. The Morgan fingerprint density at radius 2 is 2.18 bits per heavy atom. The average molecular weight is 294 g/mol. The molecule has 0 fully saturated rings. The van der Waals surface area contributed by atoms with Crippen molar-refractivity contribution in [2.24, 2.45) is 0 Å². The van der Waals surface area contributed by atoms with Crippen LogP contribution in [0.5, 0.6) is 0 Å². The van der Waals surface area contributed by atoms with Crippen molar-refractivity contribution in [3.8, 4) is 0 Å². The number of rotatable bonds is 3. The third-order valence-electron chi connectivity index (χ3n) is 2.27. The van der Waals surface area contributed by atoms with Crippen molar-refractivity contribution < 1.29 is 9.18 Å². The molecule has 2 nitrogen and oxygen atoms in total. The molecule has 86 valence electrons. The molecule has 1 aromatic carbocycles. The number of carbonyl (C=O) groups is 1. The minimum atomic E-state index is -0.353. The van der Waals surface area contributed by atoms with Crippen LogP contribution in [0.1, 0.15) is 15.9 Å². The maximum atomic E-state index is 13.1. The molecule has 0 amide bonds. The molecule has 4 heteroatoms. The van der Waals surface area contributed by atoms with Gasteiger partial charge in [0.2, 0.25) is 0 Å². The van der Waals surface area contributed by atoms with Crippen LogP contribution in [0.15, 0.2) is 47.2 Å². The molecule has 0 bridgehead atoms. The topological polar surface area (TPSA) is 30.0 Å². The van der Waals surface area contributed by atoms with Crippen LogP contribution in [0.25, 0.3) is 0 Å². The average Bonchev–Trinajstić information content (AvgIpc) is 2.28. The second-order valence-electron chi connectivity index (χ2n) is 3.62. The van der Waals surface area contributed by atoms with Crippen LogP contribution in [0.2, 0.25) is 0 Å². The van der Waals surface area contributed by atoms with Crippen LogP contribution in [-0.4, -0.2) is 10.8 Å². The summed E-state index contributed by atoms with van der Waals surface area (Å²) in [7, 11) is 0. The molecule has 1 heterocycles. The lowest BCUT2D eigenvalue weighted by Gasteiger charge is -2.02. The van der Waals surface area contributed by atoms with Gasteiger partial charge in [-0.25, -0.2) is 4.39 Å². The van der Waals surface area contributed by atoms with Crippen LogP contribution < -0.4 is 0 Å². The Morgan fingerprint density at radius 1 is 1.35 bits per heavy atom. The molecule has 17 heavy (non-hydrogen) atoms. The quantitative estimate of drug-likeness (QED) is 0.812. The lowest BCUT2D eigenvalue weighted by molar-refractivity contribution is 0.0992. The lowest BCUT2D eigenvalue weighted by Crippen LogP contribution is -2.04. The molecular weight excluding hydrogens is 285 g/mol. The monoisotopic (exact) mass is 293 g/mol. The van der Waals surface area contributed by atoms with Crippen LogP contribution in [-0.2, 0) is 6.42 Å².